The lowest BCUT2D eigenvalue weighted by Gasteiger charge is -2.01. The van der Waals surface area contributed by atoms with Crippen molar-refractivity contribution in [3.8, 4) is 17.0 Å². The van der Waals surface area contributed by atoms with Gasteiger partial charge in [-0.05, 0) is 29.8 Å². The zero-order valence-corrected chi connectivity index (χ0v) is 14.2. The molecule has 0 atom stereocenters. The highest BCUT2D eigenvalue weighted by Gasteiger charge is 2.11. The van der Waals surface area contributed by atoms with Gasteiger partial charge in [0.15, 0.2) is 5.88 Å². The molecule has 0 amide bonds. The summed E-state index contributed by atoms with van der Waals surface area (Å²) >= 11 is 0. The van der Waals surface area contributed by atoms with Crippen molar-refractivity contribution in [1.82, 2.24) is 20.2 Å². The van der Waals surface area contributed by atoms with E-state index < -0.39 is 0 Å². The van der Waals surface area contributed by atoms with Gasteiger partial charge < -0.3 is 10.1 Å². The maximum Gasteiger partial charge on any atom is 0.199 e. The molecule has 3 heterocycles. The Balaban J connectivity index is 1.58. The molecule has 0 saturated heterocycles. The number of pyridine rings is 1. The third-order valence-corrected chi connectivity index (χ3v) is 4.55. The van der Waals surface area contributed by atoms with Crippen LogP contribution < -0.4 is 0 Å². The molecule has 6 heteroatoms. The number of aliphatic imine (C=N–C) groups is 1. The Kier molecular flexibility index (Phi) is 3.47. The fourth-order valence-electron chi connectivity index (χ4n) is 3.14. The van der Waals surface area contributed by atoms with E-state index in [9.17, 15) is 5.11 Å². The van der Waals surface area contributed by atoms with Gasteiger partial charge in [0.05, 0.1) is 23.0 Å². The fourth-order valence-corrected chi connectivity index (χ4v) is 3.14. The highest BCUT2D eigenvalue weighted by molar-refractivity contribution is 6.02. The van der Waals surface area contributed by atoms with Gasteiger partial charge in [0.1, 0.15) is 5.65 Å². The van der Waals surface area contributed by atoms with Gasteiger partial charge in [0, 0.05) is 28.7 Å². The molecule has 0 bridgehead atoms. The van der Waals surface area contributed by atoms with Crippen molar-refractivity contribution in [2.24, 2.45) is 4.99 Å². The van der Waals surface area contributed by atoms with E-state index in [1.165, 1.54) is 0 Å². The van der Waals surface area contributed by atoms with Crippen LogP contribution in [0, 0.1) is 0 Å². The number of benzene rings is 2. The molecule has 5 aromatic rings. The van der Waals surface area contributed by atoms with E-state index in [1.807, 2.05) is 54.6 Å². The Labute approximate surface area is 154 Å². The lowest BCUT2D eigenvalue weighted by molar-refractivity contribution is 0.457. The Morgan fingerprint density at radius 3 is 2.74 bits per heavy atom. The predicted molar refractivity (Wildman–Crippen MR) is 107 cm³/mol. The molecule has 0 aliphatic rings. The second-order valence-electron chi connectivity index (χ2n) is 6.27. The van der Waals surface area contributed by atoms with Gasteiger partial charge in [-0.3, -0.25) is 10.1 Å². The van der Waals surface area contributed by atoms with Crippen LogP contribution in [0.1, 0.15) is 5.56 Å². The first kappa shape index (κ1) is 15.3. The highest BCUT2D eigenvalue weighted by atomic mass is 16.3. The van der Waals surface area contributed by atoms with Crippen molar-refractivity contribution in [3.05, 3.63) is 72.6 Å². The molecule has 0 aliphatic carbocycles. The number of aromatic nitrogens is 4. The molecule has 0 aliphatic heterocycles. The summed E-state index contributed by atoms with van der Waals surface area (Å²) in [5, 5.41) is 19.1. The van der Waals surface area contributed by atoms with Crippen molar-refractivity contribution < 1.29 is 5.11 Å². The van der Waals surface area contributed by atoms with Crippen LogP contribution in [0.2, 0.25) is 0 Å². The van der Waals surface area contributed by atoms with E-state index in [4.69, 9.17) is 0 Å². The number of H-pyrrole nitrogens is 2. The molecule has 27 heavy (non-hydrogen) atoms. The first-order chi connectivity index (χ1) is 13.3. The number of nitrogens with one attached hydrogen (secondary N) is 2. The minimum Gasteiger partial charge on any atom is -0.494 e. The number of hydrogen-bond acceptors (Lipinski definition) is 4. The molecule has 0 saturated carbocycles. The van der Waals surface area contributed by atoms with E-state index in [-0.39, 0.29) is 5.88 Å². The maximum atomic E-state index is 10.3. The van der Waals surface area contributed by atoms with E-state index in [2.05, 4.69) is 25.2 Å². The molecule has 3 aromatic heterocycles. The minimum atomic E-state index is 0.0501. The van der Waals surface area contributed by atoms with Crippen LogP contribution in [-0.2, 0) is 0 Å². The van der Waals surface area contributed by atoms with Gasteiger partial charge in [-0.15, -0.1) is 0 Å². The zero-order chi connectivity index (χ0) is 18.2. The normalized spacial score (nSPS) is 11.7. The SMILES string of the molecule is Oc1[nH]c2ncc(-c3ccccc3)cc2c1C=Nc1ccc2cn[nH]c2c1. The third-order valence-electron chi connectivity index (χ3n) is 4.55. The molecule has 6 nitrogen and oxygen atoms in total. The monoisotopic (exact) mass is 353 g/mol. The number of nitrogens with zero attached hydrogens (tertiary/aromatic N) is 3. The summed E-state index contributed by atoms with van der Waals surface area (Å²) in [6.07, 6.45) is 5.22. The van der Waals surface area contributed by atoms with Crippen molar-refractivity contribution in [2.75, 3.05) is 0 Å². The second-order valence-corrected chi connectivity index (χ2v) is 6.27. The second kappa shape index (κ2) is 6.10. The average Bonchev–Trinajstić information content (AvgIpc) is 3.29. The van der Waals surface area contributed by atoms with Crippen molar-refractivity contribution >= 4 is 33.8 Å². The topological polar surface area (TPSA) is 89.9 Å². The molecule has 0 radical (unpaired) electrons. The fraction of sp³-hybridized carbons (Fsp3) is 0. The molecular weight excluding hydrogens is 338 g/mol. The van der Waals surface area contributed by atoms with E-state index in [0.29, 0.717) is 11.2 Å². The van der Waals surface area contributed by atoms with E-state index in [1.54, 1.807) is 18.6 Å². The number of aromatic hydroxyl groups is 1. The van der Waals surface area contributed by atoms with Gasteiger partial charge in [-0.1, -0.05) is 30.3 Å². The molecular formula is C21H15N5O. The predicted octanol–water partition coefficient (Wildman–Crippen LogP) is 4.56. The van der Waals surface area contributed by atoms with Gasteiger partial charge in [-0.2, -0.15) is 5.10 Å². The van der Waals surface area contributed by atoms with E-state index in [0.717, 1.165) is 33.1 Å². The molecule has 3 N–H and O–H groups in total. The van der Waals surface area contributed by atoms with Crippen LogP contribution >= 0.6 is 0 Å². The first-order valence-corrected chi connectivity index (χ1v) is 8.51. The molecule has 0 fully saturated rings. The summed E-state index contributed by atoms with van der Waals surface area (Å²) in [4.78, 5) is 11.9. The van der Waals surface area contributed by atoms with Gasteiger partial charge >= 0.3 is 0 Å². The summed E-state index contributed by atoms with van der Waals surface area (Å²) in [5.41, 5.74) is 4.97. The van der Waals surface area contributed by atoms with Crippen molar-refractivity contribution in [3.63, 3.8) is 0 Å². The standard InChI is InChI=1S/C21H15N5O/c27-21-18(12-22-16-7-6-14-11-24-26-19(14)9-16)17-8-15(10-23-20(17)25-21)13-4-2-1-3-5-13/h1-12,27H,(H,23,25)(H,24,26). The molecule has 0 spiro atoms. The van der Waals surface area contributed by atoms with E-state index >= 15 is 0 Å². The lowest BCUT2D eigenvalue weighted by atomic mass is 10.1. The number of hydrogen-bond donors (Lipinski definition) is 3. The lowest BCUT2D eigenvalue weighted by Crippen LogP contribution is -1.83. The average molecular weight is 353 g/mol. The summed E-state index contributed by atoms with van der Waals surface area (Å²) in [6, 6.07) is 17.8. The highest BCUT2D eigenvalue weighted by Crippen LogP contribution is 2.29. The van der Waals surface area contributed by atoms with Gasteiger partial charge in [0.25, 0.3) is 0 Å². The largest absolute Gasteiger partial charge is 0.494 e. The van der Waals surface area contributed by atoms with Crippen LogP contribution in [0.5, 0.6) is 5.88 Å². The number of fused-ring (bicyclic) bond motifs is 2. The Morgan fingerprint density at radius 2 is 1.85 bits per heavy atom. The minimum absolute atomic E-state index is 0.0501. The Morgan fingerprint density at radius 1 is 0.963 bits per heavy atom. The number of rotatable bonds is 3. The molecule has 2 aromatic carbocycles. The summed E-state index contributed by atoms with van der Waals surface area (Å²) in [7, 11) is 0. The van der Waals surface area contributed by atoms with Gasteiger partial charge in [-0.25, -0.2) is 4.98 Å². The molecule has 5 rings (SSSR count). The molecule has 130 valence electrons. The first-order valence-electron chi connectivity index (χ1n) is 8.51. The summed E-state index contributed by atoms with van der Waals surface area (Å²) in [5.74, 6) is 0.0501. The van der Waals surface area contributed by atoms with Crippen LogP contribution in [0.4, 0.5) is 5.69 Å². The third kappa shape index (κ3) is 2.73. The summed E-state index contributed by atoms with van der Waals surface area (Å²) < 4.78 is 0. The van der Waals surface area contributed by atoms with Crippen LogP contribution in [0.25, 0.3) is 33.1 Å². The quantitative estimate of drug-likeness (QED) is 0.415. The van der Waals surface area contributed by atoms with Crippen LogP contribution in [0.15, 0.2) is 72.0 Å². The van der Waals surface area contributed by atoms with Crippen molar-refractivity contribution in [2.45, 2.75) is 0 Å². The zero-order valence-electron chi connectivity index (χ0n) is 14.2. The Hall–Kier alpha value is -3.93. The number of aromatic amines is 2. The van der Waals surface area contributed by atoms with Gasteiger partial charge in [0.2, 0.25) is 0 Å². The van der Waals surface area contributed by atoms with Crippen LogP contribution in [0.3, 0.4) is 0 Å². The smallest absolute Gasteiger partial charge is 0.199 e. The Bertz CT molecular complexity index is 1280. The maximum absolute atomic E-state index is 10.3. The molecule has 0 unspecified atom stereocenters. The summed E-state index contributed by atoms with van der Waals surface area (Å²) in [6.45, 7) is 0. The van der Waals surface area contributed by atoms with Crippen LogP contribution in [-0.4, -0.2) is 31.5 Å². The van der Waals surface area contributed by atoms with Crippen molar-refractivity contribution in [1.29, 1.82) is 0 Å².